The zero-order chi connectivity index (χ0) is 17.3. The lowest BCUT2D eigenvalue weighted by Gasteiger charge is -2.40. The van der Waals surface area contributed by atoms with E-state index in [1.165, 1.54) is 5.56 Å². The number of aryl methyl sites for hydroxylation is 1. The van der Waals surface area contributed by atoms with Crippen molar-refractivity contribution in [3.05, 3.63) is 35.4 Å². The van der Waals surface area contributed by atoms with Crippen molar-refractivity contribution in [2.45, 2.75) is 45.2 Å². The van der Waals surface area contributed by atoms with E-state index in [4.69, 9.17) is 0 Å². The number of nitrogens with zero attached hydrogens (tertiary/aromatic N) is 1. The smallest absolute Gasteiger partial charge is 0.318 e. The van der Waals surface area contributed by atoms with Gasteiger partial charge in [-0.3, -0.25) is 0 Å². The van der Waals surface area contributed by atoms with Gasteiger partial charge in [-0.05, 0) is 37.7 Å². The van der Waals surface area contributed by atoms with E-state index in [0.717, 1.165) is 18.4 Å². The van der Waals surface area contributed by atoms with Crippen molar-refractivity contribution in [3.8, 4) is 0 Å². The summed E-state index contributed by atoms with van der Waals surface area (Å²) in [5.74, 6) is 0.632. The number of benzene rings is 1. The molecule has 0 bridgehead atoms. The fourth-order valence-corrected chi connectivity index (χ4v) is 5.53. The minimum Gasteiger partial charge on any atom is -0.334 e. The first-order valence-electron chi connectivity index (χ1n) is 8.70. The van der Waals surface area contributed by atoms with E-state index in [0.29, 0.717) is 18.9 Å². The van der Waals surface area contributed by atoms with Gasteiger partial charge in [0.1, 0.15) is 0 Å². The van der Waals surface area contributed by atoms with Gasteiger partial charge in [0, 0.05) is 12.6 Å². The third-order valence-electron chi connectivity index (χ3n) is 5.17. The monoisotopic (exact) mass is 350 g/mol. The Morgan fingerprint density at radius 2 is 1.92 bits per heavy atom. The third kappa shape index (κ3) is 3.74. The summed E-state index contributed by atoms with van der Waals surface area (Å²) in [5, 5.41) is 2.94. The summed E-state index contributed by atoms with van der Waals surface area (Å²) in [6.07, 6.45) is 2.60. The van der Waals surface area contributed by atoms with Gasteiger partial charge in [0.2, 0.25) is 0 Å². The van der Waals surface area contributed by atoms with Crippen molar-refractivity contribution in [3.63, 3.8) is 0 Å². The summed E-state index contributed by atoms with van der Waals surface area (Å²) in [6, 6.07) is 8.03. The minimum atomic E-state index is -2.99. The van der Waals surface area contributed by atoms with Gasteiger partial charge in [-0.1, -0.05) is 36.8 Å². The summed E-state index contributed by atoms with van der Waals surface area (Å²) < 4.78 is 23.2. The number of nitrogens with one attached hydrogen (secondary N) is 1. The molecule has 0 radical (unpaired) electrons. The highest BCUT2D eigenvalue weighted by molar-refractivity contribution is 7.91. The zero-order valence-corrected chi connectivity index (χ0v) is 15.2. The lowest BCUT2D eigenvalue weighted by Crippen LogP contribution is -2.50. The van der Waals surface area contributed by atoms with Crippen LogP contribution in [0, 0.1) is 12.8 Å². The van der Waals surface area contributed by atoms with Crippen LogP contribution in [0.25, 0.3) is 0 Å². The highest BCUT2D eigenvalue weighted by Crippen LogP contribution is 2.36. The minimum absolute atomic E-state index is 0.0531. The predicted octanol–water partition coefficient (Wildman–Crippen LogP) is 2.66. The van der Waals surface area contributed by atoms with Crippen LogP contribution in [-0.4, -0.2) is 43.4 Å². The Hall–Kier alpha value is -1.56. The zero-order valence-electron chi connectivity index (χ0n) is 14.4. The average Bonchev–Trinajstić information content (AvgIpc) is 2.87. The molecule has 132 valence electrons. The number of piperidine rings is 1. The second-order valence-electron chi connectivity index (χ2n) is 7.22. The number of hydrogen-bond donors (Lipinski definition) is 1. The number of likely N-dealkylation sites (tertiary alicyclic amines) is 1. The quantitative estimate of drug-likeness (QED) is 0.892. The molecule has 1 aromatic carbocycles. The van der Waals surface area contributed by atoms with Crippen LogP contribution >= 0.6 is 0 Å². The Bertz CT molecular complexity index is 699. The molecule has 6 heteroatoms. The Kier molecular flexibility index (Phi) is 4.85. The fourth-order valence-electron chi connectivity index (χ4n) is 3.85. The first kappa shape index (κ1) is 17.3. The van der Waals surface area contributed by atoms with Gasteiger partial charge >= 0.3 is 6.03 Å². The predicted molar refractivity (Wildman–Crippen MR) is 94.6 cm³/mol. The summed E-state index contributed by atoms with van der Waals surface area (Å²) in [6.45, 7) is 4.96. The molecule has 5 nitrogen and oxygen atoms in total. The lowest BCUT2D eigenvalue weighted by atomic mass is 9.86. The number of urea groups is 1. The molecule has 0 aromatic heterocycles. The van der Waals surface area contributed by atoms with Crippen LogP contribution in [0.5, 0.6) is 0 Å². The molecule has 0 unspecified atom stereocenters. The van der Waals surface area contributed by atoms with Crippen LogP contribution in [0.2, 0.25) is 0 Å². The molecule has 2 saturated heterocycles. The topological polar surface area (TPSA) is 66.5 Å². The number of rotatable bonds is 2. The van der Waals surface area contributed by atoms with Crippen LogP contribution in [0.15, 0.2) is 24.3 Å². The molecule has 0 aliphatic carbocycles. The molecule has 3 atom stereocenters. The first-order chi connectivity index (χ1) is 11.4. The second kappa shape index (κ2) is 6.75. The maximum absolute atomic E-state index is 12.8. The molecule has 2 aliphatic heterocycles. The van der Waals surface area contributed by atoms with Crippen molar-refractivity contribution in [1.29, 1.82) is 0 Å². The van der Waals surface area contributed by atoms with E-state index in [-0.39, 0.29) is 29.6 Å². The molecular formula is C18H26N2O3S. The van der Waals surface area contributed by atoms with E-state index < -0.39 is 9.84 Å². The van der Waals surface area contributed by atoms with Gasteiger partial charge < -0.3 is 10.2 Å². The maximum atomic E-state index is 12.8. The number of carbonyl (C=O) groups is 1. The second-order valence-corrected chi connectivity index (χ2v) is 9.45. The third-order valence-corrected chi connectivity index (χ3v) is 6.94. The van der Waals surface area contributed by atoms with Gasteiger partial charge in [-0.2, -0.15) is 0 Å². The molecule has 2 aliphatic rings. The van der Waals surface area contributed by atoms with E-state index >= 15 is 0 Å². The van der Waals surface area contributed by atoms with E-state index in [1.807, 2.05) is 4.90 Å². The summed E-state index contributed by atoms with van der Waals surface area (Å²) >= 11 is 0. The Morgan fingerprint density at radius 3 is 2.54 bits per heavy atom. The van der Waals surface area contributed by atoms with Crippen LogP contribution in [0.1, 0.15) is 43.4 Å². The number of sulfone groups is 1. The number of amides is 2. The maximum Gasteiger partial charge on any atom is 0.318 e. The summed E-state index contributed by atoms with van der Waals surface area (Å²) in [5.41, 5.74) is 2.36. The molecule has 1 N–H and O–H groups in total. The molecule has 1 aromatic rings. The largest absolute Gasteiger partial charge is 0.334 e. The Labute approximate surface area is 144 Å². The molecule has 2 fully saturated rings. The highest BCUT2D eigenvalue weighted by Gasteiger charge is 2.35. The van der Waals surface area contributed by atoms with E-state index in [9.17, 15) is 13.2 Å². The molecule has 2 heterocycles. The first-order valence-corrected chi connectivity index (χ1v) is 10.5. The molecule has 0 saturated carbocycles. The van der Waals surface area contributed by atoms with Crippen LogP contribution in [0.4, 0.5) is 4.79 Å². The van der Waals surface area contributed by atoms with Gasteiger partial charge in [-0.15, -0.1) is 0 Å². The fraction of sp³-hybridized carbons (Fsp3) is 0.611. The van der Waals surface area contributed by atoms with Gasteiger partial charge in [0.05, 0.1) is 17.5 Å². The molecule has 0 spiro atoms. The van der Waals surface area contributed by atoms with Crippen LogP contribution in [-0.2, 0) is 9.84 Å². The van der Waals surface area contributed by atoms with Crippen molar-refractivity contribution >= 4 is 15.9 Å². The average molecular weight is 350 g/mol. The molecule has 2 amide bonds. The lowest BCUT2D eigenvalue weighted by molar-refractivity contribution is 0.118. The van der Waals surface area contributed by atoms with Gasteiger partial charge in [0.15, 0.2) is 9.84 Å². The highest BCUT2D eigenvalue weighted by atomic mass is 32.2. The molecular weight excluding hydrogens is 324 g/mol. The van der Waals surface area contributed by atoms with Crippen LogP contribution < -0.4 is 5.32 Å². The number of hydrogen-bond acceptors (Lipinski definition) is 3. The summed E-state index contributed by atoms with van der Waals surface area (Å²) in [4.78, 5) is 14.7. The van der Waals surface area contributed by atoms with E-state index in [1.54, 1.807) is 0 Å². The van der Waals surface area contributed by atoms with Crippen molar-refractivity contribution < 1.29 is 13.2 Å². The SMILES string of the molecule is Cc1ccc([C@@H]2[C@H](C)CCCN2C(=O)N[C@@H]2CCS(=O)(=O)C2)cc1. The van der Waals surface area contributed by atoms with Crippen molar-refractivity contribution in [1.82, 2.24) is 10.2 Å². The summed E-state index contributed by atoms with van der Waals surface area (Å²) in [7, 11) is -2.99. The van der Waals surface area contributed by atoms with Crippen LogP contribution in [0.3, 0.4) is 0 Å². The molecule has 24 heavy (non-hydrogen) atoms. The van der Waals surface area contributed by atoms with Gasteiger partial charge in [0.25, 0.3) is 0 Å². The van der Waals surface area contributed by atoms with Gasteiger partial charge in [-0.25, -0.2) is 13.2 Å². The number of carbonyl (C=O) groups excluding carboxylic acids is 1. The molecule has 3 rings (SSSR count). The standard InChI is InChI=1S/C18H26N2O3S/c1-13-5-7-15(8-6-13)17-14(2)4-3-10-20(17)18(21)19-16-9-11-24(22,23)12-16/h5-8,14,16-17H,3-4,9-12H2,1-2H3,(H,19,21)/t14-,16-,17+/m1/s1. The normalized spacial score (nSPS) is 29.4. The Morgan fingerprint density at radius 1 is 1.21 bits per heavy atom. The Balaban J connectivity index is 1.76. The van der Waals surface area contributed by atoms with E-state index in [2.05, 4.69) is 43.4 Å². The van der Waals surface area contributed by atoms with Crippen molar-refractivity contribution in [2.24, 2.45) is 5.92 Å². The van der Waals surface area contributed by atoms with Crippen molar-refractivity contribution in [2.75, 3.05) is 18.1 Å².